The summed E-state index contributed by atoms with van der Waals surface area (Å²) in [6.45, 7) is 7.48. The zero-order valence-corrected chi connectivity index (χ0v) is 7.72. The van der Waals surface area contributed by atoms with Crippen LogP contribution in [0.3, 0.4) is 0 Å². The number of nitrogens with one attached hydrogen (secondary N) is 1. The largest absolute Gasteiger partial charge is 0.391 e. The standard InChI is InChI=1S/C9H18N2/c1-7-5-9(8(2)10-3)11(4)6-7/h7,9-10H,2,5-6H2,1,3-4H3. The molecule has 0 radical (unpaired) electrons. The van der Waals surface area contributed by atoms with Crippen molar-refractivity contribution in [3.63, 3.8) is 0 Å². The van der Waals surface area contributed by atoms with E-state index in [1.54, 1.807) is 0 Å². The summed E-state index contributed by atoms with van der Waals surface area (Å²) >= 11 is 0. The molecule has 11 heavy (non-hydrogen) atoms. The molecule has 1 aliphatic rings. The van der Waals surface area contributed by atoms with E-state index in [9.17, 15) is 0 Å². The van der Waals surface area contributed by atoms with Gasteiger partial charge in [-0.15, -0.1) is 0 Å². The summed E-state index contributed by atoms with van der Waals surface area (Å²) in [6, 6.07) is 0.551. The summed E-state index contributed by atoms with van der Waals surface area (Å²) in [5, 5.41) is 3.12. The van der Waals surface area contributed by atoms with Gasteiger partial charge in [0.15, 0.2) is 0 Å². The Hall–Kier alpha value is -0.500. The van der Waals surface area contributed by atoms with Gasteiger partial charge in [0.25, 0.3) is 0 Å². The minimum absolute atomic E-state index is 0.551. The second-order valence-corrected chi connectivity index (χ2v) is 3.57. The van der Waals surface area contributed by atoms with Gasteiger partial charge in [0.2, 0.25) is 0 Å². The molecule has 0 aliphatic carbocycles. The van der Waals surface area contributed by atoms with Gasteiger partial charge in [-0.05, 0) is 19.4 Å². The van der Waals surface area contributed by atoms with E-state index < -0.39 is 0 Å². The van der Waals surface area contributed by atoms with Crippen molar-refractivity contribution in [3.05, 3.63) is 12.3 Å². The van der Waals surface area contributed by atoms with Crippen LogP contribution >= 0.6 is 0 Å². The first-order valence-electron chi connectivity index (χ1n) is 4.22. The summed E-state index contributed by atoms with van der Waals surface area (Å²) in [5.41, 5.74) is 1.15. The highest BCUT2D eigenvalue weighted by atomic mass is 15.2. The number of hydrogen-bond acceptors (Lipinski definition) is 2. The molecule has 1 N–H and O–H groups in total. The molecule has 2 heteroatoms. The number of nitrogens with zero attached hydrogens (tertiary/aromatic N) is 1. The van der Waals surface area contributed by atoms with Crippen LogP contribution in [-0.4, -0.2) is 31.6 Å². The molecule has 1 saturated heterocycles. The average molecular weight is 154 g/mol. The van der Waals surface area contributed by atoms with E-state index >= 15 is 0 Å². The predicted octanol–water partition coefficient (Wildman–Crippen LogP) is 1.06. The zero-order chi connectivity index (χ0) is 8.43. The van der Waals surface area contributed by atoms with Crippen LogP contribution in [0, 0.1) is 5.92 Å². The van der Waals surface area contributed by atoms with E-state index in [0.717, 1.165) is 11.6 Å². The van der Waals surface area contributed by atoms with Crippen molar-refractivity contribution in [1.29, 1.82) is 0 Å². The highest BCUT2D eigenvalue weighted by molar-refractivity contribution is 5.06. The van der Waals surface area contributed by atoms with Crippen LogP contribution in [0.4, 0.5) is 0 Å². The molecule has 1 aliphatic heterocycles. The molecule has 0 spiro atoms. The summed E-state index contributed by atoms with van der Waals surface area (Å²) in [4.78, 5) is 2.36. The van der Waals surface area contributed by atoms with Crippen molar-refractivity contribution in [2.24, 2.45) is 5.92 Å². The van der Waals surface area contributed by atoms with E-state index in [-0.39, 0.29) is 0 Å². The third-order valence-corrected chi connectivity index (χ3v) is 2.48. The Labute approximate surface area is 69.3 Å². The minimum atomic E-state index is 0.551. The Morgan fingerprint density at radius 1 is 1.64 bits per heavy atom. The molecule has 64 valence electrons. The van der Waals surface area contributed by atoms with Crippen LogP contribution in [0.2, 0.25) is 0 Å². The van der Waals surface area contributed by atoms with Gasteiger partial charge in [0, 0.05) is 25.3 Å². The van der Waals surface area contributed by atoms with Crippen LogP contribution in [-0.2, 0) is 0 Å². The molecule has 0 bridgehead atoms. The fourth-order valence-corrected chi connectivity index (χ4v) is 1.83. The van der Waals surface area contributed by atoms with E-state index in [0.29, 0.717) is 6.04 Å². The van der Waals surface area contributed by atoms with Gasteiger partial charge >= 0.3 is 0 Å². The lowest BCUT2D eigenvalue weighted by atomic mass is 10.1. The lowest BCUT2D eigenvalue weighted by Crippen LogP contribution is -2.31. The molecule has 1 heterocycles. The number of likely N-dealkylation sites (tertiary alicyclic amines) is 1. The van der Waals surface area contributed by atoms with Crippen molar-refractivity contribution < 1.29 is 0 Å². The van der Waals surface area contributed by atoms with Crippen LogP contribution in [0.5, 0.6) is 0 Å². The molecule has 0 amide bonds. The van der Waals surface area contributed by atoms with Crippen molar-refractivity contribution in [2.75, 3.05) is 20.6 Å². The normalized spacial score (nSPS) is 32.3. The van der Waals surface area contributed by atoms with Crippen LogP contribution in [0.1, 0.15) is 13.3 Å². The van der Waals surface area contributed by atoms with Gasteiger partial charge in [-0.3, -0.25) is 4.90 Å². The van der Waals surface area contributed by atoms with E-state index in [2.05, 4.69) is 30.8 Å². The van der Waals surface area contributed by atoms with E-state index in [4.69, 9.17) is 0 Å². The minimum Gasteiger partial charge on any atom is -0.391 e. The first kappa shape index (κ1) is 8.60. The molecule has 0 saturated carbocycles. The maximum absolute atomic E-state index is 3.99. The molecule has 2 atom stereocenters. The van der Waals surface area contributed by atoms with Gasteiger partial charge in [0.05, 0.1) is 0 Å². The molecule has 0 aromatic rings. The van der Waals surface area contributed by atoms with Crippen molar-refractivity contribution in [1.82, 2.24) is 10.2 Å². The topological polar surface area (TPSA) is 15.3 Å². The van der Waals surface area contributed by atoms with Gasteiger partial charge in [0.1, 0.15) is 0 Å². The zero-order valence-electron chi connectivity index (χ0n) is 7.72. The summed E-state index contributed by atoms with van der Waals surface area (Å²) in [5.74, 6) is 0.815. The third kappa shape index (κ3) is 1.74. The first-order valence-corrected chi connectivity index (χ1v) is 4.22. The number of rotatable bonds is 2. The molecular weight excluding hydrogens is 136 g/mol. The molecule has 2 unspecified atom stereocenters. The van der Waals surface area contributed by atoms with Gasteiger partial charge in [-0.2, -0.15) is 0 Å². The Morgan fingerprint density at radius 2 is 2.27 bits per heavy atom. The van der Waals surface area contributed by atoms with E-state index in [1.165, 1.54) is 13.0 Å². The SMILES string of the molecule is C=C(NC)C1CC(C)CN1C. The molecular formula is C9H18N2. The maximum atomic E-state index is 3.99. The Kier molecular flexibility index (Phi) is 2.55. The second-order valence-electron chi connectivity index (χ2n) is 3.57. The van der Waals surface area contributed by atoms with Gasteiger partial charge < -0.3 is 5.32 Å². The second kappa shape index (κ2) is 3.26. The maximum Gasteiger partial charge on any atom is 0.0489 e. The Balaban J connectivity index is 2.52. The van der Waals surface area contributed by atoms with Crippen LogP contribution in [0.15, 0.2) is 12.3 Å². The molecule has 0 aromatic carbocycles. The molecule has 2 nitrogen and oxygen atoms in total. The smallest absolute Gasteiger partial charge is 0.0489 e. The molecule has 1 fully saturated rings. The predicted molar refractivity (Wildman–Crippen MR) is 48.4 cm³/mol. The van der Waals surface area contributed by atoms with Crippen LogP contribution in [0.25, 0.3) is 0 Å². The number of hydrogen-bond donors (Lipinski definition) is 1. The summed E-state index contributed by atoms with van der Waals surface area (Å²) < 4.78 is 0. The Morgan fingerprint density at radius 3 is 2.64 bits per heavy atom. The van der Waals surface area contributed by atoms with Crippen molar-refractivity contribution in [3.8, 4) is 0 Å². The summed E-state index contributed by atoms with van der Waals surface area (Å²) in [7, 11) is 4.11. The molecule has 0 aromatic heterocycles. The van der Waals surface area contributed by atoms with Crippen LogP contribution < -0.4 is 5.32 Å². The first-order chi connectivity index (χ1) is 5.15. The summed E-state index contributed by atoms with van der Waals surface area (Å²) in [6.07, 6.45) is 1.25. The highest BCUT2D eigenvalue weighted by Gasteiger charge is 2.27. The highest BCUT2D eigenvalue weighted by Crippen LogP contribution is 2.23. The molecule has 1 rings (SSSR count). The van der Waals surface area contributed by atoms with Crippen molar-refractivity contribution >= 4 is 0 Å². The fraction of sp³-hybridized carbons (Fsp3) is 0.778. The fourth-order valence-electron chi connectivity index (χ4n) is 1.83. The average Bonchev–Trinajstić information content (AvgIpc) is 2.28. The third-order valence-electron chi connectivity index (χ3n) is 2.48. The quantitative estimate of drug-likeness (QED) is 0.640. The van der Waals surface area contributed by atoms with Gasteiger partial charge in [-0.25, -0.2) is 0 Å². The van der Waals surface area contributed by atoms with Crippen molar-refractivity contribution in [2.45, 2.75) is 19.4 Å². The Bertz CT molecular complexity index is 154. The number of likely N-dealkylation sites (N-methyl/N-ethyl adjacent to an activating group) is 2. The van der Waals surface area contributed by atoms with Gasteiger partial charge in [-0.1, -0.05) is 13.5 Å². The van der Waals surface area contributed by atoms with E-state index in [1.807, 2.05) is 7.05 Å². The lowest BCUT2D eigenvalue weighted by molar-refractivity contribution is 0.333. The lowest BCUT2D eigenvalue weighted by Gasteiger charge is -2.20. The monoisotopic (exact) mass is 154 g/mol.